The summed E-state index contributed by atoms with van der Waals surface area (Å²) in [6.07, 6.45) is 3.92. The number of carbonyl (C=O) groups excluding carboxylic acids is 6. The fourth-order valence-electron chi connectivity index (χ4n) is 7.53. The van der Waals surface area contributed by atoms with Crippen LogP contribution in [0.3, 0.4) is 0 Å². The lowest BCUT2D eigenvalue weighted by Gasteiger charge is -2.32. The summed E-state index contributed by atoms with van der Waals surface area (Å²) in [7, 11) is 0. The maximum absolute atomic E-state index is 14.3. The van der Waals surface area contributed by atoms with Crippen molar-refractivity contribution in [3.05, 3.63) is 95.6 Å². The number of hydrogen-bond acceptors (Lipinski definition) is 9. The molecule has 1 saturated carbocycles. The Morgan fingerprint density at radius 1 is 0.850 bits per heavy atom. The van der Waals surface area contributed by atoms with Crippen LogP contribution in [0.25, 0.3) is 0 Å². The summed E-state index contributed by atoms with van der Waals surface area (Å²) in [6.45, 7) is 6.37. The van der Waals surface area contributed by atoms with Gasteiger partial charge in [0.1, 0.15) is 29.2 Å². The zero-order chi connectivity index (χ0) is 43.2. The van der Waals surface area contributed by atoms with Crippen LogP contribution in [0, 0.1) is 5.92 Å². The quantitative estimate of drug-likeness (QED) is 0.143. The SMILES string of the molecule is CCCC(NC(=O)C1Cc2cccc(c2)Oc2ccc(cc2)CCC(=O)NC(C2CCCCC2)C(=O)N1)C(O)C(=O)NCC(=O)NC(C(=O)OC(C)(C)C)c1ccccc1. The van der Waals surface area contributed by atoms with Gasteiger partial charge in [-0.2, -0.15) is 0 Å². The number of fused-ring (bicyclic) bond motifs is 10. The number of hydrogen-bond donors (Lipinski definition) is 6. The van der Waals surface area contributed by atoms with E-state index in [1.165, 1.54) is 0 Å². The van der Waals surface area contributed by atoms with Crippen LogP contribution in [-0.4, -0.2) is 77.0 Å². The largest absolute Gasteiger partial charge is 0.458 e. The second-order valence-electron chi connectivity index (χ2n) is 16.6. The van der Waals surface area contributed by atoms with E-state index in [4.69, 9.17) is 9.47 Å². The van der Waals surface area contributed by atoms with Crippen molar-refractivity contribution in [2.75, 3.05) is 6.54 Å². The van der Waals surface area contributed by atoms with Gasteiger partial charge in [0.2, 0.25) is 23.6 Å². The number of aliphatic hydroxyl groups excluding tert-OH is 1. The fourth-order valence-corrected chi connectivity index (χ4v) is 7.53. The predicted octanol–water partition coefficient (Wildman–Crippen LogP) is 4.48. The highest BCUT2D eigenvalue weighted by Gasteiger charge is 2.36. The minimum absolute atomic E-state index is 0.0284. The summed E-state index contributed by atoms with van der Waals surface area (Å²) < 4.78 is 11.6. The maximum Gasteiger partial charge on any atom is 0.333 e. The molecule has 5 amide bonds. The molecule has 0 spiro atoms. The van der Waals surface area contributed by atoms with Gasteiger partial charge in [-0.15, -0.1) is 0 Å². The van der Waals surface area contributed by atoms with Crippen LogP contribution in [0.4, 0.5) is 0 Å². The molecular weight excluding hydrogens is 767 g/mol. The molecule has 0 saturated heterocycles. The second kappa shape index (κ2) is 21.5. The summed E-state index contributed by atoms with van der Waals surface area (Å²) in [5, 5.41) is 25.0. The van der Waals surface area contributed by atoms with Crippen molar-refractivity contribution in [3.8, 4) is 11.5 Å². The van der Waals surface area contributed by atoms with E-state index in [0.29, 0.717) is 35.5 Å². The summed E-state index contributed by atoms with van der Waals surface area (Å²) in [6, 6.07) is 18.9. The van der Waals surface area contributed by atoms with Gasteiger partial charge in [0.05, 0.1) is 12.6 Å². The van der Waals surface area contributed by atoms with Crippen molar-refractivity contribution >= 4 is 35.5 Å². The maximum atomic E-state index is 14.3. The van der Waals surface area contributed by atoms with Gasteiger partial charge in [0, 0.05) is 12.8 Å². The van der Waals surface area contributed by atoms with Crippen LogP contribution in [0.1, 0.15) is 102 Å². The molecule has 3 aromatic rings. The molecule has 2 heterocycles. The topological polar surface area (TPSA) is 201 Å². The van der Waals surface area contributed by atoms with Gasteiger partial charge in [-0.05, 0) is 93.3 Å². The zero-order valence-corrected chi connectivity index (χ0v) is 35.0. The molecule has 4 bridgehead atoms. The van der Waals surface area contributed by atoms with Gasteiger partial charge in [-0.3, -0.25) is 24.0 Å². The number of esters is 1. The Balaban J connectivity index is 1.32. The molecule has 1 aliphatic carbocycles. The van der Waals surface area contributed by atoms with Gasteiger partial charge >= 0.3 is 5.97 Å². The molecule has 60 heavy (non-hydrogen) atoms. The first kappa shape index (κ1) is 45.3. The minimum Gasteiger partial charge on any atom is -0.458 e. The Morgan fingerprint density at radius 2 is 1.57 bits per heavy atom. The zero-order valence-electron chi connectivity index (χ0n) is 35.0. The lowest BCUT2D eigenvalue weighted by atomic mass is 9.83. The van der Waals surface area contributed by atoms with Gasteiger partial charge < -0.3 is 41.2 Å². The summed E-state index contributed by atoms with van der Waals surface area (Å²) in [5.74, 6) is -2.74. The van der Waals surface area contributed by atoms with Gasteiger partial charge in [0.25, 0.3) is 5.91 Å². The number of ether oxygens (including phenoxy) is 2. The molecule has 1 fully saturated rings. The number of amides is 5. The highest BCUT2D eigenvalue weighted by atomic mass is 16.6. The molecule has 14 nitrogen and oxygen atoms in total. The molecule has 2 aliphatic heterocycles. The molecule has 5 atom stereocenters. The number of nitrogens with one attached hydrogen (secondary N) is 5. The monoisotopic (exact) mass is 825 g/mol. The molecule has 3 aliphatic rings. The van der Waals surface area contributed by atoms with Crippen LogP contribution in [-0.2, 0) is 46.3 Å². The third-order valence-electron chi connectivity index (χ3n) is 10.6. The Bertz CT molecular complexity index is 1940. The van der Waals surface area contributed by atoms with E-state index in [1.54, 1.807) is 75.4 Å². The van der Waals surface area contributed by atoms with E-state index in [1.807, 2.05) is 31.2 Å². The van der Waals surface area contributed by atoms with E-state index in [0.717, 1.165) is 37.7 Å². The molecule has 0 radical (unpaired) electrons. The first-order valence-electron chi connectivity index (χ1n) is 21.0. The smallest absolute Gasteiger partial charge is 0.333 e. The lowest BCUT2D eigenvalue weighted by molar-refractivity contribution is -0.158. The Hall–Kier alpha value is -5.76. The number of benzene rings is 3. The van der Waals surface area contributed by atoms with E-state index in [9.17, 15) is 33.9 Å². The summed E-state index contributed by atoms with van der Waals surface area (Å²) >= 11 is 0. The highest BCUT2D eigenvalue weighted by Crippen LogP contribution is 2.28. The van der Waals surface area contributed by atoms with E-state index < -0.39 is 72.0 Å². The highest BCUT2D eigenvalue weighted by molar-refractivity contribution is 5.93. The average Bonchev–Trinajstić information content (AvgIpc) is 3.22. The van der Waals surface area contributed by atoms with E-state index >= 15 is 0 Å². The molecule has 5 unspecified atom stereocenters. The van der Waals surface area contributed by atoms with Crippen molar-refractivity contribution in [1.82, 2.24) is 26.6 Å². The van der Waals surface area contributed by atoms with Crippen LogP contribution in [0.5, 0.6) is 11.5 Å². The lowest BCUT2D eigenvalue weighted by Crippen LogP contribution is -2.59. The average molecular weight is 826 g/mol. The molecule has 0 aromatic heterocycles. The van der Waals surface area contributed by atoms with Gasteiger partial charge in [0.15, 0.2) is 12.1 Å². The van der Waals surface area contributed by atoms with Crippen molar-refractivity contribution in [2.24, 2.45) is 5.92 Å². The molecule has 6 rings (SSSR count). The summed E-state index contributed by atoms with van der Waals surface area (Å²) in [5.41, 5.74) is 1.28. The minimum atomic E-state index is -1.78. The summed E-state index contributed by atoms with van der Waals surface area (Å²) in [4.78, 5) is 81.3. The van der Waals surface area contributed by atoms with Crippen molar-refractivity contribution in [1.29, 1.82) is 0 Å². The van der Waals surface area contributed by atoms with Crippen molar-refractivity contribution in [2.45, 2.75) is 128 Å². The van der Waals surface area contributed by atoms with E-state index in [2.05, 4.69) is 26.6 Å². The second-order valence-corrected chi connectivity index (χ2v) is 16.6. The molecule has 6 N–H and O–H groups in total. The number of aryl methyl sites for hydroxylation is 1. The standard InChI is InChI=1S/C46H59N5O9/c1-5-13-35(41(54)44(57)47-28-38(53)51-40(32-17-10-7-11-18-32)45(58)60-46(2,3)4)48-42(55)36-27-30-14-12-19-34(26-30)59-33-23-20-29(21-24-33)22-25-37(52)50-39(43(56)49-36)31-15-8-6-9-16-31/h7,10-12,14,17-21,23-24,26,31,35-36,39-41,54H,5-6,8-9,13,15-16,22,25,27-28H2,1-4H3,(H,47,57)(H,48,55)(H,49,56)(H,50,52)(H,51,53). The molecular formula is C46H59N5O9. The van der Waals surface area contributed by atoms with Crippen LogP contribution in [0.15, 0.2) is 78.9 Å². The van der Waals surface area contributed by atoms with Crippen LogP contribution >= 0.6 is 0 Å². The number of aliphatic hydroxyl groups is 1. The Morgan fingerprint density at radius 3 is 2.25 bits per heavy atom. The Kier molecular flexibility index (Phi) is 16.2. The molecule has 14 heteroatoms. The third-order valence-corrected chi connectivity index (χ3v) is 10.6. The fraction of sp³-hybridized carbons (Fsp3) is 0.478. The Labute approximate surface area is 351 Å². The first-order valence-corrected chi connectivity index (χ1v) is 21.0. The predicted molar refractivity (Wildman–Crippen MR) is 224 cm³/mol. The van der Waals surface area contributed by atoms with Gasteiger partial charge in [-0.1, -0.05) is 87.2 Å². The normalized spacial score (nSPS) is 19.2. The van der Waals surface area contributed by atoms with Gasteiger partial charge in [-0.25, -0.2) is 4.79 Å². The van der Waals surface area contributed by atoms with Crippen LogP contribution < -0.4 is 31.3 Å². The number of carbonyl (C=O) groups is 6. The third kappa shape index (κ3) is 13.7. The number of rotatable bonds is 12. The van der Waals surface area contributed by atoms with Crippen LogP contribution in [0.2, 0.25) is 0 Å². The van der Waals surface area contributed by atoms with E-state index in [-0.39, 0.29) is 31.1 Å². The molecule has 322 valence electrons. The molecule has 3 aromatic carbocycles. The van der Waals surface area contributed by atoms with Crippen molar-refractivity contribution in [3.63, 3.8) is 0 Å². The van der Waals surface area contributed by atoms with Crippen molar-refractivity contribution < 1.29 is 43.3 Å². The first-order chi connectivity index (χ1) is 28.7.